The van der Waals surface area contributed by atoms with Gasteiger partial charge in [0.15, 0.2) is 11.5 Å². The van der Waals surface area contributed by atoms with E-state index >= 15 is 0 Å². The largest absolute Gasteiger partial charge is 0.493 e. The Kier molecular flexibility index (Phi) is 5.09. The maximum absolute atomic E-state index is 9.82. The predicted molar refractivity (Wildman–Crippen MR) is 76.5 cm³/mol. The van der Waals surface area contributed by atoms with Crippen LogP contribution in [0.25, 0.3) is 0 Å². The van der Waals surface area contributed by atoms with Crippen molar-refractivity contribution in [3.63, 3.8) is 0 Å². The fourth-order valence-electron chi connectivity index (χ4n) is 2.25. The maximum atomic E-state index is 9.82. The molecular formula is C15H23NO4. The molecule has 1 aliphatic rings. The first kappa shape index (κ1) is 14.9. The first-order valence-electron chi connectivity index (χ1n) is 6.87. The molecule has 2 rings (SSSR count). The van der Waals surface area contributed by atoms with E-state index in [0.717, 1.165) is 18.4 Å². The van der Waals surface area contributed by atoms with E-state index in [-0.39, 0.29) is 6.10 Å². The lowest BCUT2D eigenvalue weighted by Crippen LogP contribution is -2.27. The first-order chi connectivity index (χ1) is 9.69. The molecule has 2 N–H and O–H groups in total. The molecule has 5 nitrogen and oxygen atoms in total. The van der Waals surface area contributed by atoms with Crippen LogP contribution in [0.3, 0.4) is 0 Å². The summed E-state index contributed by atoms with van der Waals surface area (Å²) in [6.07, 6.45) is 2.05. The van der Waals surface area contributed by atoms with Crippen molar-refractivity contribution >= 4 is 0 Å². The molecule has 20 heavy (non-hydrogen) atoms. The molecule has 0 bridgehead atoms. The zero-order valence-corrected chi connectivity index (χ0v) is 12.3. The molecule has 0 radical (unpaired) electrons. The first-order valence-corrected chi connectivity index (χ1v) is 6.87. The second kappa shape index (κ2) is 6.81. The van der Waals surface area contributed by atoms with E-state index in [1.54, 1.807) is 21.3 Å². The van der Waals surface area contributed by atoms with Crippen molar-refractivity contribution < 1.29 is 19.3 Å². The Morgan fingerprint density at radius 2 is 1.75 bits per heavy atom. The second-order valence-corrected chi connectivity index (χ2v) is 5.07. The number of aliphatic hydroxyl groups is 1. The highest BCUT2D eigenvalue weighted by Gasteiger charge is 2.29. The summed E-state index contributed by atoms with van der Waals surface area (Å²) in [5, 5.41) is 13.1. The fourth-order valence-corrected chi connectivity index (χ4v) is 2.25. The number of hydrogen-bond donors (Lipinski definition) is 2. The van der Waals surface area contributed by atoms with E-state index in [1.807, 2.05) is 12.1 Å². The summed E-state index contributed by atoms with van der Waals surface area (Å²) in [5.74, 6) is 2.37. The topological polar surface area (TPSA) is 60.0 Å². The van der Waals surface area contributed by atoms with Gasteiger partial charge in [-0.3, -0.25) is 0 Å². The van der Waals surface area contributed by atoms with Crippen LogP contribution < -0.4 is 19.5 Å². The van der Waals surface area contributed by atoms with Crippen LogP contribution in [0, 0.1) is 5.92 Å². The molecule has 1 aromatic carbocycles. The second-order valence-electron chi connectivity index (χ2n) is 5.07. The Morgan fingerprint density at radius 3 is 2.20 bits per heavy atom. The minimum absolute atomic E-state index is 0.239. The summed E-state index contributed by atoms with van der Waals surface area (Å²) in [7, 11) is 4.79. The van der Waals surface area contributed by atoms with Crippen LogP contribution in [-0.2, 0) is 6.54 Å². The number of ether oxygens (including phenoxy) is 3. The van der Waals surface area contributed by atoms with Crippen LogP contribution in [0.4, 0.5) is 0 Å². The molecule has 0 aromatic heterocycles. The molecule has 112 valence electrons. The summed E-state index contributed by atoms with van der Waals surface area (Å²) in [4.78, 5) is 0. The van der Waals surface area contributed by atoms with Crippen LogP contribution >= 0.6 is 0 Å². The third-order valence-electron chi connectivity index (χ3n) is 3.57. The lowest BCUT2D eigenvalue weighted by Gasteiger charge is -2.15. The van der Waals surface area contributed by atoms with Crippen LogP contribution in [0.15, 0.2) is 12.1 Å². The van der Waals surface area contributed by atoms with E-state index in [1.165, 1.54) is 0 Å². The van der Waals surface area contributed by atoms with Gasteiger partial charge < -0.3 is 24.6 Å². The fraction of sp³-hybridized carbons (Fsp3) is 0.600. The summed E-state index contributed by atoms with van der Waals surface area (Å²) in [6.45, 7) is 1.27. The number of benzene rings is 1. The number of aliphatic hydroxyl groups excluding tert-OH is 1. The number of hydrogen-bond acceptors (Lipinski definition) is 5. The van der Waals surface area contributed by atoms with Gasteiger partial charge in [0.1, 0.15) is 0 Å². The van der Waals surface area contributed by atoms with Crippen molar-refractivity contribution in [2.24, 2.45) is 5.92 Å². The normalized spacial score (nSPS) is 15.8. The minimum Gasteiger partial charge on any atom is -0.493 e. The predicted octanol–water partition coefficient (Wildman–Crippen LogP) is 1.57. The lowest BCUT2D eigenvalue weighted by atomic mass is 10.1. The van der Waals surface area contributed by atoms with Crippen molar-refractivity contribution in [2.45, 2.75) is 25.5 Å². The van der Waals surface area contributed by atoms with Crippen LogP contribution in [0.5, 0.6) is 17.2 Å². The molecule has 0 saturated heterocycles. The van der Waals surface area contributed by atoms with E-state index < -0.39 is 0 Å². The quantitative estimate of drug-likeness (QED) is 0.757. The molecule has 0 heterocycles. The number of methoxy groups -OCH3 is 3. The monoisotopic (exact) mass is 281 g/mol. The molecule has 5 heteroatoms. The van der Waals surface area contributed by atoms with Crippen molar-refractivity contribution in [3.8, 4) is 17.2 Å². The standard InChI is InChI=1S/C15H23NO4/c1-18-13-6-10(7-14(19-2)15(13)20-3)8-16-9-12(17)11-4-5-11/h6-7,11-12,16-17H,4-5,8-9H2,1-3H3/t12-/m0/s1. The van der Waals surface area contributed by atoms with Crippen molar-refractivity contribution in [1.29, 1.82) is 0 Å². The average Bonchev–Trinajstić information content (AvgIpc) is 3.30. The van der Waals surface area contributed by atoms with Gasteiger partial charge in [-0.05, 0) is 36.5 Å². The van der Waals surface area contributed by atoms with E-state index in [4.69, 9.17) is 14.2 Å². The van der Waals surface area contributed by atoms with Gasteiger partial charge in [0.05, 0.1) is 27.4 Å². The third kappa shape index (κ3) is 3.55. The molecule has 1 aromatic rings. The molecule has 0 spiro atoms. The Morgan fingerprint density at radius 1 is 1.15 bits per heavy atom. The number of rotatable bonds is 8. The van der Waals surface area contributed by atoms with Crippen LogP contribution in [0.2, 0.25) is 0 Å². The van der Waals surface area contributed by atoms with Gasteiger partial charge in [-0.1, -0.05) is 0 Å². The maximum Gasteiger partial charge on any atom is 0.203 e. The molecular weight excluding hydrogens is 258 g/mol. The highest BCUT2D eigenvalue weighted by atomic mass is 16.5. The number of nitrogens with one attached hydrogen (secondary N) is 1. The van der Waals surface area contributed by atoms with Crippen LogP contribution in [-0.4, -0.2) is 39.1 Å². The van der Waals surface area contributed by atoms with Gasteiger partial charge in [-0.25, -0.2) is 0 Å². The average molecular weight is 281 g/mol. The smallest absolute Gasteiger partial charge is 0.203 e. The SMILES string of the molecule is COc1cc(CNC[C@H](O)C2CC2)cc(OC)c1OC. The molecule has 1 aliphatic carbocycles. The molecule has 0 amide bonds. The molecule has 0 aliphatic heterocycles. The molecule has 1 fully saturated rings. The Labute approximate surface area is 119 Å². The van der Waals surface area contributed by atoms with Gasteiger partial charge in [-0.2, -0.15) is 0 Å². The Bertz CT molecular complexity index is 420. The molecule has 1 saturated carbocycles. The van der Waals surface area contributed by atoms with Gasteiger partial charge >= 0.3 is 0 Å². The molecule has 1 atom stereocenters. The van der Waals surface area contributed by atoms with Crippen molar-refractivity contribution in [1.82, 2.24) is 5.32 Å². The molecule has 0 unspecified atom stereocenters. The van der Waals surface area contributed by atoms with Gasteiger partial charge in [0.25, 0.3) is 0 Å². The highest BCUT2D eigenvalue weighted by Crippen LogP contribution is 2.38. The highest BCUT2D eigenvalue weighted by molar-refractivity contribution is 5.53. The minimum atomic E-state index is -0.239. The summed E-state index contributed by atoms with van der Waals surface area (Å²) < 4.78 is 15.9. The zero-order valence-electron chi connectivity index (χ0n) is 12.3. The third-order valence-corrected chi connectivity index (χ3v) is 3.57. The zero-order chi connectivity index (χ0) is 14.5. The van der Waals surface area contributed by atoms with Gasteiger partial charge in [0, 0.05) is 13.1 Å². The van der Waals surface area contributed by atoms with E-state index in [2.05, 4.69) is 5.32 Å². The van der Waals surface area contributed by atoms with Crippen LogP contribution in [0.1, 0.15) is 18.4 Å². The van der Waals surface area contributed by atoms with Gasteiger partial charge in [-0.15, -0.1) is 0 Å². The van der Waals surface area contributed by atoms with Crippen molar-refractivity contribution in [2.75, 3.05) is 27.9 Å². The Balaban J connectivity index is 1.99. The van der Waals surface area contributed by atoms with Gasteiger partial charge in [0.2, 0.25) is 5.75 Å². The summed E-state index contributed by atoms with van der Waals surface area (Å²) in [5.41, 5.74) is 1.03. The summed E-state index contributed by atoms with van der Waals surface area (Å²) in [6, 6.07) is 3.83. The lowest BCUT2D eigenvalue weighted by molar-refractivity contribution is 0.148. The van der Waals surface area contributed by atoms with Crippen molar-refractivity contribution in [3.05, 3.63) is 17.7 Å². The Hall–Kier alpha value is -1.46. The summed E-state index contributed by atoms with van der Waals surface area (Å²) >= 11 is 0. The van der Waals surface area contributed by atoms with E-state index in [0.29, 0.717) is 36.3 Å². The van der Waals surface area contributed by atoms with E-state index in [9.17, 15) is 5.11 Å².